The maximum absolute atomic E-state index is 8.81. The van der Waals surface area contributed by atoms with Crippen molar-refractivity contribution in [2.45, 2.75) is 25.3 Å². The Labute approximate surface area is 141 Å². The van der Waals surface area contributed by atoms with Gasteiger partial charge in [0.05, 0.1) is 5.54 Å². The van der Waals surface area contributed by atoms with Crippen molar-refractivity contribution in [2.24, 2.45) is 0 Å². The van der Waals surface area contributed by atoms with Gasteiger partial charge in [0.15, 0.2) is 0 Å². The van der Waals surface area contributed by atoms with Crippen molar-refractivity contribution < 1.29 is 10.0 Å². The van der Waals surface area contributed by atoms with Crippen molar-refractivity contribution >= 4 is 12.4 Å². The SMILES string of the molecule is Cc1cnc(NC2(c3ccccc3)CCNCC2)nc1.O=CNO. The molecule has 1 aliphatic heterocycles. The highest BCUT2D eigenvalue weighted by Crippen LogP contribution is 2.33. The van der Waals surface area contributed by atoms with E-state index in [1.165, 1.54) is 11.0 Å². The molecule has 1 saturated heterocycles. The molecule has 1 amide bonds. The first kappa shape index (κ1) is 17.8. The third-order valence-electron chi connectivity index (χ3n) is 3.97. The zero-order valence-corrected chi connectivity index (χ0v) is 13.7. The lowest BCUT2D eigenvalue weighted by Gasteiger charge is -2.39. The van der Waals surface area contributed by atoms with E-state index in [0.29, 0.717) is 5.95 Å². The summed E-state index contributed by atoms with van der Waals surface area (Å²) < 4.78 is 0. The van der Waals surface area contributed by atoms with E-state index in [4.69, 9.17) is 10.0 Å². The van der Waals surface area contributed by atoms with E-state index in [1.54, 1.807) is 0 Å². The van der Waals surface area contributed by atoms with E-state index in [2.05, 4.69) is 50.9 Å². The topological polar surface area (TPSA) is 99.2 Å². The van der Waals surface area contributed by atoms with Crippen molar-refractivity contribution in [2.75, 3.05) is 18.4 Å². The van der Waals surface area contributed by atoms with Crippen LogP contribution in [-0.2, 0) is 10.3 Å². The molecule has 0 aliphatic carbocycles. The predicted octanol–water partition coefficient (Wildman–Crippen LogP) is 1.60. The lowest BCUT2D eigenvalue weighted by molar-refractivity contribution is -0.116. The summed E-state index contributed by atoms with van der Waals surface area (Å²) in [7, 11) is 0. The van der Waals surface area contributed by atoms with Crippen molar-refractivity contribution in [3.05, 3.63) is 53.9 Å². The van der Waals surface area contributed by atoms with Gasteiger partial charge in [-0.1, -0.05) is 30.3 Å². The second-order valence-electron chi connectivity index (χ2n) is 5.65. The lowest BCUT2D eigenvalue weighted by Crippen LogP contribution is -2.45. The second kappa shape index (κ2) is 8.95. The normalized spacial score (nSPS) is 15.6. The Morgan fingerprint density at radius 1 is 1.17 bits per heavy atom. The molecule has 2 heterocycles. The Kier molecular flexibility index (Phi) is 6.65. The molecule has 7 nitrogen and oxygen atoms in total. The third kappa shape index (κ3) is 4.74. The average molecular weight is 329 g/mol. The molecule has 3 rings (SSSR count). The number of carbonyl (C=O) groups is 1. The highest BCUT2D eigenvalue weighted by molar-refractivity contribution is 5.43. The Balaban J connectivity index is 0.000000471. The summed E-state index contributed by atoms with van der Waals surface area (Å²) in [6.07, 6.45) is 5.96. The minimum atomic E-state index is -0.0677. The summed E-state index contributed by atoms with van der Waals surface area (Å²) in [4.78, 5) is 17.6. The van der Waals surface area contributed by atoms with E-state index >= 15 is 0 Å². The number of hydrogen-bond donors (Lipinski definition) is 4. The number of nitrogens with one attached hydrogen (secondary N) is 3. The number of aryl methyl sites for hydroxylation is 1. The zero-order valence-electron chi connectivity index (χ0n) is 13.7. The van der Waals surface area contributed by atoms with Gasteiger partial charge in [0.2, 0.25) is 12.4 Å². The molecule has 24 heavy (non-hydrogen) atoms. The molecule has 0 spiro atoms. The van der Waals surface area contributed by atoms with E-state index in [9.17, 15) is 0 Å². The number of carbonyl (C=O) groups excluding carboxylic acids is 1. The number of aromatic nitrogens is 2. The highest BCUT2D eigenvalue weighted by atomic mass is 16.5. The average Bonchev–Trinajstić information content (AvgIpc) is 2.65. The number of piperidine rings is 1. The largest absolute Gasteiger partial charge is 0.345 e. The Morgan fingerprint density at radius 3 is 2.29 bits per heavy atom. The van der Waals surface area contributed by atoms with Crippen molar-refractivity contribution in [3.8, 4) is 0 Å². The number of rotatable bonds is 4. The molecular formula is C17H23N5O2. The van der Waals surface area contributed by atoms with Crippen molar-refractivity contribution in [1.29, 1.82) is 0 Å². The quantitative estimate of drug-likeness (QED) is 0.386. The summed E-state index contributed by atoms with van der Waals surface area (Å²) in [6, 6.07) is 10.6. The molecule has 2 aromatic rings. The van der Waals surface area contributed by atoms with Crippen LogP contribution in [0, 0.1) is 6.92 Å². The van der Waals surface area contributed by atoms with Crippen LogP contribution in [0.3, 0.4) is 0 Å². The molecule has 0 atom stereocenters. The van der Waals surface area contributed by atoms with Gasteiger partial charge in [-0.3, -0.25) is 10.0 Å². The first-order valence-corrected chi connectivity index (χ1v) is 7.86. The number of amides is 1. The molecule has 1 fully saturated rings. The van der Waals surface area contributed by atoms with Gasteiger partial charge < -0.3 is 10.6 Å². The summed E-state index contributed by atoms with van der Waals surface area (Å²) in [5, 5.41) is 14.3. The van der Waals surface area contributed by atoms with Crippen LogP contribution in [0.15, 0.2) is 42.7 Å². The van der Waals surface area contributed by atoms with Gasteiger partial charge >= 0.3 is 0 Å². The molecule has 0 saturated carbocycles. The van der Waals surface area contributed by atoms with Crippen LogP contribution >= 0.6 is 0 Å². The van der Waals surface area contributed by atoms with E-state index in [0.717, 1.165) is 31.5 Å². The Hall–Kier alpha value is -2.51. The zero-order chi connectivity index (χ0) is 17.3. The van der Waals surface area contributed by atoms with Crippen LogP contribution in [-0.4, -0.2) is 34.7 Å². The second-order valence-corrected chi connectivity index (χ2v) is 5.65. The van der Waals surface area contributed by atoms with Crippen molar-refractivity contribution in [1.82, 2.24) is 20.8 Å². The third-order valence-corrected chi connectivity index (χ3v) is 3.97. The number of hydroxylamine groups is 1. The Morgan fingerprint density at radius 2 is 1.75 bits per heavy atom. The summed E-state index contributed by atoms with van der Waals surface area (Å²) in [5.74, 6) is 0.710. The number of anilines is 1. The van der Waals surface area contributed by atoms with Crippen LogP contribution < -0.4 is 16.1 Å². The summed E-state index contributed by atoms with van der Waals surface area (Å²) in [6.45, 7) is 4.02. The molecule has 0 radical (unpaired) electrons. The van der Waals surface area contributed by atoms with Crippen LogP contribution in [0.4, 0.5) is 5.95 Å². The predicted molar refractivity (Wildman–Crippen MR) is 91.6 cm³/mol. The van der Waals surface area contributed by atoms with Gasteiger partial charge in [0, 0.05) is 12.4 Å². The maximum Gasteiger partial charge on any atom is 0.230 e. The fourth-order valence-electron chi connectivity index (χ4n) is 2.77. The summed E-state index contributed by atoms with van der Waals surface area (Å²) >= 11 is 0. The molecule has 1 aromatic carbocycles. The number of nitrogens with zero attached hydrogens (tertiary/aromatic N) is 2. The van der Waals surface area contributed by atoms with E-state index in [1.807, 2.05) is 19.3 Å². The first-order chi connectivity index (χ1) is 11.7. The van der Waals surface area contributed by atoms with Gasteiger partial charge in [0.1, 0.15) is 0 Å². The molecule has 1 aromatic heterocycles. The van der Waals surface area contributed by atoms with Crippen molar-refractivity contribution in [3.63, 3.8) is 0 Å². The monoisotopic (exact) mass is 329 g/mol. The number of hydrogen-bond acceptors (Lipinski definition) is 6. The van der Waals surface area contributed by atoms with E-state index in [-0.39, 0.29) is 11.9 Å². The van der Waals surface area contributed by atoms with Gasteiger partial charge in [-0.15, -0.1) is 0 Å². The number of benzene rings is 1. The van der Waals surface area contributed by atoms with Crippen LogP contribution in [0.25, 0.3) is 0 Å². The van der Waals surface area contributed by atoms with Gasteiger partial charge in [-0.05, 0) is 44.0 Å². The maximum atomic E-state index is 8.81. The fraction of sp³-hybridized carbons (Fsp3) is 0.353. The molecule has 0 unspecified atom stereocenters. The highest BCUT2D eigenvalue weighted by Gasteiger charge is 2.34. The first-order valence-electron chi connectivity index (χ1n) is 7.86. The minimum absolute atomic E-state index is 0.0677. The lowest BCUT2D eigenvalue weighted by atomic mass is 9.81. The fourth-order valence-corrected chi connectivity index (χ4v) is 2.77. The molecule has 0 bridgehead atoms. The van der Waals surface area contributed by atoms with Crippen LogP contribution in [0.5, 0.6) is 0 Å². The van der Waals surface area contributed by atoms with Gasteiger partial charge in [0.25, 0.3) is 0 Å². The smallest absolute Gasteiger partial charge is 0.230 e. The Bertz CT molecular complexity index is 613. The minimum Gasteiger partial charge on any atom is -0.345 e. The van der Waals surface area contributed by atoms with Gasteiger partial charge in [-0.2, -0.15) is 0 Å². The standard InChI is InChI=1S/C16H20N4.CH3NO2/c1-13-11-18-15(19-12-13)20-16(7-9-17-10-8-16)14-5-3-2-4-6-14;3-1-2-4/h2-6,11-12,17H,7-10H2,1H3,(H,18,19,20);1,4H,(H,2,3). The van der Waals surface area contributed by atoms with Gasteiger partial charge in [-0.25, -0.2) is 15.4 Å². The molecule has 4 N–H and O–H groups in total. The molecule has 1 aliphatic rings. The van der Waals surface area contributed by atoms with E-state index < -0.39 is 0 Å². The summed E-state index contributed by atoms with van der Waals surface area (Å²) in [5.41, 5.74) is 3.57. The van der Waals surface area contributed by atoms with Crippen LogP contribution in [0.1, 0.15) is 24.0 Å². The molecular weight excluding hydrogens is 306 g/mol. The molecule has 128 valence electrons. The van der Waals surface area contributed by atoms with Crippen LogP contribution in [0.2, 0.25) is 0 Å². The molecule has 7 heteroatoms.